The second-order valence-electron chi connectivity index (χ2n) is 5.74. The predicted molar refractivity (Wildman–Crippen MR) is 87.8 cm³/mol. The van der Waals surface area contributed by atoms with Crippen LogP contribution in [0.3, 0.4) is 0 Å². The second kappa shape index (κ2) is 6.50. The Hall–Kier alpha value is -0.520. The summed E-state index contributed by atoms with van der Waals surface area (Å²) in [5.74, 6) is 0.218. The van der Waals surface area contributed by atoms with Crippen LogP contribution in [0.25, 0.3) is 0 Å². The van der Waals surface area contributed by atoms with E-state index < -0.39 is 0 Å². The van der Waals surface area contributed by atoms with Gasteiger partial charge in [-0.3, -0.25) is 4.79 Å². The molecule has 0 spiro atoms. The molecule has 0 radical (unpaired) electrons. The molecular formula is C15H21BrN2OS. The van der Waals surface area contributed by atoms with E-state index >= 15 is 0 Å². The molecule has 0 aliphatic carbocycles. The van der Waals surface area contributed by atoms with Crippen molar-refractivity contribution in [3.63, 3.8) is 0 Å². The third-order valence-electron chi connectivity index (χ3n) is 3.84. The highest BCUT2D eigenvalue weighted by atomic mass is 79.9. The van der Waals surface area contributed by atoms with Crippen molar-refractivity contribution in [3.05, 3.63) is 28.7 Å². The maximum atomic E-state index is 12.5. The number of carbonyl (C=O) groups is 1. The molecule has 1 aliphatic heterocycles. The van der Waals surface area contributed by atoms with Crippen LogP contribution in [0.5, 0.6) is 0 Å². The zero-order valence-electron chi connectivity index (χ0n) is 11.9. The minimum Gasteiger partial charge on any atom is -0.341 e. The molecule has 2 atom stereocenters. The molecule has 20 heavy (non-hydrogen) atoms. The van der Waals surface area contributed by atoms with Crippen molar-refractivity contribution in [1.82, 2.24) is 4.90 Å². The molecule has 1 aromatic carbocycles. The van der Waals surface area contributed by atoms with Crippen LogP contribution in [0.15, 0.2) is 33.6 Å². The molecule has 1 saturated heterocycles. The van der Waals surface area contributed by atoms with Gasteiger partial charge in [-0.05, 0) is 49.6 Å². The van der Waals surface area contributed by atoms with Crippen molar-refractivity contribution < 1.29 is 4.79 Å². The minimum absolute atomic E-state index is 0.0590. The van der Waals surface area contributed by atoms with Crippen molar-refractivity contribution in [2.24, 2.45) is 11.1 Å². The van der Waals surface area contributed by atoms with Gasteiger partial charge in [-0.25, -0.2) is 0 Å². The number of nitrogens with zero attached hydrogens (tertiary/aromatic N) is 1. The first kappa shape index (κ1) is 15.9. The Morgan fingerprint density at radius 2 is 2.15 bits per heavy atom. The Kier molecular flexibility index (Phi) is 5.15. The number of halogens is 1. The summed E-state index contributed by atoms with van der Waals surface area (Å²) in [6.45, 7) is 6.40. The van der Waals surface area contributed by atoms with Gasteiger partial charge in [0.1, 0.15) is 0 Å². The zero-order chi connectivity index (χ0) is 14.8. The van der Waals surface area contributed by atoms with Crippen molar-refractivity contribution in [2.75, 3.05) is 19.6 Å². The first-order valence-corrected chi connectivity index (χ1v) is 8.52. The summed E-state index contributed by atoms with van der Waals surface area (Å²) in [5.41, 5.74) is 5.89. The minimum atomic E-state index is -0.0590. The monoisotopic (exact) mass is 356 g/mol. The highest BCUT2D eigenvalue weighted by Crippen LogP contribution is 2.31. The van der Waals surface area contributed by atoms with E-state index in [0.29, 0.717) is 6.54 Å². The normalized spacial score (nSPS) is 23.9. The molecule has 1 amide bonds. The smallest absolute Gasteiger partial charge is 0.235 e. The summed E-state index contributed by atoms with van der Waals surface area (Å²) < 4.78 is 1.05. The fraction of sp³-hybridized carbons (Fsp3) is 0.533. The number of hydrogen-bond donors (Lipinski definition) is 1. The average Bonchev–Trinajstić information content (AvgIpc) is 2.84. The van der Waals surface area contributed by atoms with Crippen LogP contribution in [0.4, 0.5) is 0 Å². The molecule has 5 heteroatoms. The maximum absolute atomic E-state index is 12.5. The molecule has 1 aliphatic rings. The summed E-state index contributed by atoms with van der Waals surface area (Å²) in [6, 6.07) is 8.07. The molecule has 2 rings (SSSR count). The van der Waals surface area contributed by atoms with Crippen LogP contribution < -0.4 is 5.73 Å². The molecule has 110 valence electrons. The fourth-order valence-corrected chi connectivity index (χ4v) is 3.62. The van der Waals surface area contributed by atoms with Crippen LogP contribution in [0, 0.1) is 5.41 Å². The van der Waals surface area contributed by atoms with Gasteiger partial charge in [0.05, 0.1) is 5.25 Å². The van der Waals surface area contributed by atoms with E-state index in [1.165, 1.54) is 0 Å². The van der Waals surface area contributed by atoms with E-state index in [1.54, 1.807) is 11.8 Å². The Morgan fingerprint density at radius 3 is 2.70 bits per heavy atom. The van der Waals surface area contributed by atoms with E-state index in [9.17, 15) is 4.79 Å². The van der Waals surface area contributed by atoms with Crippen LogP contribution in [-0.4, -0.2) is 35.7 Å². The summed E-state index contributed by atoms with van der Waals surface area (Å²) in [6.07, 6.45) is 1.00. The molecule has 2 unspecified atom stereocenters. The molecule has 1 fully saturated rings. The van der Waals surface area contributed by atoms with E-state index in [4.69, 9.17) is 5.73 Å². The number of amides is 1. The van der Waals surface area contributed by atoms with Crippen molar-refractivity contribution >= 4 is 33.6 Å². The summed E-state index contributed by atoms with van der Waals surface area (Å²) in [7, 11) is 0. The maximum Gasteiger partial charge on any atom is 0.235 e. The third kappa shape index (κ3) is 3.77. The van der Waals surface area contributed by atoms with E-state index in [-0.39, 0.29) is 16.6 Å². The van der Waals surface area contributed by atoms with Crippen LogP contribution in [-0.2, 0) is 4.79 Å². The Balaban J connectivity index is 1.94. The average molecular weight is 357 g/mol. The van der Waals surface area contributed by atoms with E-state index in [0.717, 1.165) is 28.9 Å². The van der Waals surface area contributed by atoms with Gasteiger partial charge in [0.25, 0.3) is 0 Å². The number of rotatable bonds is 4. The molecule has 0 bridgehead atoms. The Bertz CT molecular complexity index is 479. The number of carbonyl (C=O) groups excluding carboxylic acids is 1. The van der Waals surface area contributed by atoms with E-state index in [1.807, 2.05) is 36.1 Å². The summed E-state index contributed by atoms with van der Waals surface area (Å²) in [4.78, 5) is 15.6. The number of hydrogen-bond acceptors (Lipinski definition) is 3. The van der Waals surface area contributed by atoms with Gasteiger partial charge < -0.3 is 10.6 Å². The lowest BCUT2D eigenvalue weighted by molar-refractivity contribution is -0.129. The number of benzene rings is 1. The number of likely N-dealkylation sites (tertiary alicyclic amines) is 1. The second-order valence-corrected chi connectivity index (χ2v) is 8.07. The zero-order valence-corrected chi connectivity index (χ0v) is 14.3. The summed E-state index contributed by atoms with van der Waals surface area (Å²) in [5, 5.41) is -0.0590. The molecule has 3 nitrogen and oxygen atoms in total. The molecule has 1 heterocycles. The van der Waals surface area contributed by atoms with Gasteiger partial charge in [0, 0.05) is 22.5 Å². The van der Waals surface area contributed by atoms with Crippen LogP contribution >= 0.6 is 27.7 Å². The molecule has 0 saturated carbocycles. The Labute approximate surface area is 133 Å². The van der Waals surface area contributed by atoms with Gasteiger partial charge in [-0.1, -0.05) is 22.9 Å². The highest BCUT2D eigenvalue weighted by Gasteiger charge is 2.36. The van der Waals surface area contributed by atoms with Gasteiger partial charge in [0.15, 0.2) is 0 Å². The van der Waals surface area contributed by atoms with Crippen LogP contribution in [0.2, 0.25) is 0 Å². The molecule has 2 N–H and O–H groups in total. The van der Waals surface area contributed by atoms with Gasteiger partial charge in [-0.2, -0.15) is 0 Å². The number of thioether (sulfide) groups is 1. The SMILES string of the molecule is CC(Sc1ccc(Br)cc1)C(=O)N1CCC(C)(CN)C1. The van der Waals surface area contributed by atoms with Crippen molar-refractivity contribution in [1.29, 1.82) is 0 Å². The van der Waals surface area contributed by atoms with Crippen molar-refractivity contribution in [3.8, 4) is 0 Å². The largest absolute Gasteiger partial charge is 0.341 e. The fourth-order valence-electron chi connectivity index (χ4n) is 2.40. The van der Waals surface area contributed by atoms with Gasteiger partial charge in [0.2, 0.25) is 5.91 Å². The van der Waals surface area contributed by atoms with Gasteiger partial charge >= 0.3 is 0 Å². The topological polar surface area (TPSA) is 46.3 Å². The van der Waals surface area contributed by atoms with Crippen molar-refractivity contribution in [2.45, 2.75) is 30.4 Å². The third-order valence-corrected chi connectivity index (χ3v) is 5.46. The molecule has 0 aromatic heterocycles. The standard InChI is InChI=1S/C15H21BrN2OS/c1-11(20-13-5-3-12(16)4-6-13)14(19)18-8-7-15(2,9-17)10-18/h3-6,11H,7-10,17H2,1-2H3. The lowest BCUT2D eigenvalue weighted by Crippen LogP contribution is -2.38. The molecular weight excluding hydrogens is 336 g/mol. The first-order chi connectivity index (χ1) is 9.43. The van der Waals surface area contributed by atoms with Crippen LogP contribution in [0.1, 0.15) is 20.3 Å². The first-order valence-electron chi connectivity index (χ1n) is 6.85. The predicted octanol–water partition coefficient (Wildman–Crippen LogP) is 3.13. The number of nitrogens with two attached hydrogens (primary N) is 1. The highest BCUT2D eigenvalue weighted by molar-refractivity contribution is 9.10. The van der Waals surface area contributed by atoms with E-state index in [2.05, 4.69) is 22.9 Å². The quantitative estimate of drug-likeness (QED) is 0.843. The van der Waals surface area contributed by atoms with Gasteiger partial charge in [-0.15, -0.1) is 11.8 Å². The lowest BCUT2D eigenvalue weighted by Gasteiger charge is -2.24. The molecule has 1 aromatic rings. The lowest BCUT2D eigenvalue weighted by atomic mass is 9.90. The summed E-state index contributed by atoms with van der Waals surface area (Å²) >= 11 is 5.03. The Morgan fingerprint density at radius 1 is 1.50 bits per heavy atom.